The first-order chi connectivity index (χ1) is 14.1. The molecule has 2 aromatic carbocycles. The predicted octanol–water partition coefficient (Wildman–Crippen LogP) is 5.44. The summed E-state index contributed by atoms with van der Waals surface area (Å²) in [5.74, 6) is 0.373. The molecule has 0 aromatic heterocycles. The molecule has 3 rings (SSSR count). The van der Waals surface area contributed by atoms with Crippen molar-refractivity contribution < 1.29 is 37.3 Å². The fourth-order valence-corrected chi connectivity index (χ4v) is 3.80. The minimum absolute atomic E-state index is 0.0715. The van der Waals surface area contributed by atoms with Gasteiger partial charge in [-0.3, -0.25) is 0 Å². The van der Waals surface area contributed by atoms with Crippen LogP contribution in [0.2, 0.25) is 5.02 Å². The summed E-state index contributed by atoms with van der Waals surface area (Å²) in [6.07, 6.45) is -4.59. The SMILES string of the molecule is O=C(O)[C@]1(I)Cc2cc(OCCCOc3ccc(CC(F)(F)F)cc3Cl)ccc2O1. The molecule has 1 atom stereocenters. The lowest BCUT2D eigenvalue weighted by atomic mass is 10.1. The van der Waals surface area contributed by atoms with Crippen LogP contribution in [-0.2, 0) is 17.6 Å². The van der Waals surface area contributed by atoms with Gasteiger partial charge < -0.3 is 19.3 Å². The van der Waals surface area contributed by atoms with Gasteiger partial charge >= 0.3 is 12.1 Å². The molecule has 0 unspecified atom stereocenters. The van der Waals surface area contributed by atoms with Gasteiger partial charge in [-0.1, -0.05) is 17.7 Å². The van der Waals surface area contributed by atoms with E-state index in [0.29, 0.717) is 30.3 Å². The van der Waals surface area contributed by atoms with Crippen molar-refractivity contribution in [2.24, 2.45) is 0 Å². The molecule has 0 amide bonds. The Labute approximate surface area is 189 Å². The summed E-state index contributed by atoms with van der Waals surface area (Å²) < 4.78 is 52.6. The molecular formula is C20H17ClF3IO5. The number of carboxylic acids is 1. The molecule has 0 spiro atoms. The molecule has 10 heteroatoms. The smallest absolute Gasteiger partial charge is 0.393 e. The molecule has 0 radical (unpaired) electrons. The van der Waals surface area contributed by atoms with E-state index in [2.05, 4.69) is 0 Å². The Kier molecular flexibility index (Phi) is 6.91. The molecule has 0 aliphatic carbocycles. The number of fused-ring (bicyclic) bond motifs is 1. The largest absolute Gasteiger partial charge is 0.493 e. The standard InChI is InChI=1S/C20H17ClF3IO5/c21-15-8-12(10-20(22,23)24)2-4-17(15)29-7-1-6-28-14-3-5-16-13(9-14)11-19(25,30-16)18(26)27/h2-5,8-9H,1,6-7,10-11H2,(H,26,27)/t19-/m0/s1. The molecule has 0 saturated heterocycles. The Balaban J connectivity index is 1.45. The highest BCUT2D eigenvalue weighted by molar-refractivity contribution is 14.1. The molecule has 1 N–H and O–H groups in total. The van der Waals surface area contributed by atoms with Gasteiger partial charge in [0.05, 0.1) is 24.7 Å². The summed E-state index contributed by atoms with van der Waals surface area (Å²) >= 11 is 7.76. The number of hydrogen-bond acceptors (Lipinski definition) is 4. The molecule has 5 nitrogen and oxygen atoms in total. The maximum atomic E-state index is 12.4. The van der Waals surface area contributed by atoms with Gasteiger partial charge in [0.15, 0.2) is 0 Å². The van der Waals surface area contributed by atoms with Gasteiger partial charge in [-0.25, -0.2) is 4.79 Å². The van der Waals surface area contributed by atoms with Crippen molar-refractivity contribution in [2.75, 3.05) is 13.2 Å². The van der Waals surface area contributed by atoms with Crippen LogP contribution in [0.1, 0.15) is 17.5 Å². The number of halogens is 5. The van der Waals surface area contributed by atoms with Gasteiger partial charge in [0.25, 0.3) is 3.61 Å². The van der Waals surface area contributed by atoms with E-state index >= 15 is 0 Å². The highest BCUT2D eigenvalue weighted by Gasteiger charge is 2.44. The zero-order valence-electron chi connectivity index (χ0n) is 15.5. The van der Waals surface area contributed by atoms with E-state index in [9.17, 15) is 23.1 Å². The molecule has 0 saturated carbocycles. The summed E-state index contributed by atoms with van der Waals surface area (Å²) in [5, 5.41) is 9.38. The number of carboxylic acid groups (broad SMARTS) is 1. The van der Waals surface area contributed by atoms with Gasteiger partial charge in [0, 0.05) is 18.4 Å². The third-order valence-electron chi connectivity index (χ3n) is 4.26. The molecule has 1 aliphatic heterocycles. The topological polar surface area (TPSA) is 65.0 Å². The first kappa shape index (κ1) is 22.8. The van der Waals surface area contributed by atoms with Gasteiger partial charge in [-0.05, 0) is 58.5 Å². The second-order valence-electron chi connectivity index (χ2n) is 6.69. The molecule has 1 heterocycles. The van der Waals surface area contributed by atoms with E-state index in [-0.39, 0.29) is 23.6 Å². The lowest BCUT2D eigenvalue weighted by molar-refractivity contribution is -0.145. The summed E-state index contributed by atoms with van der Waals surface area (Å²) in [6.45, 7) is 0.597. The monoisotopic (exact) mass is 556 g/mol. The number of ether oxygens (including phenoxy) is 3. The number of alkyl halides is 4. The lowest BCUT2D eigenvalue weighted by Crippen LogP contribution is -2.36. The zero-order valence-corrected chi connectivity index (χ0v) is 18.4. The van der Waals surface area contributed by atoms with Crippen LogP contribution in [0.15, 0.2) is 36.4 Å². The van der Waals surface area contributed by atoms with E-state index in [1.807, 2.05) is 0 Å². The van der Waals surface area contributed by atoms with E-state index in [1.165, 1.54) is 18.2 Å². The minimum Gasteiger partial charge on any atom is -0.493 e. The van der Waals surface area contributed by atoms with Gasteiger partial charge in [0.1, 0.15) is 17.2 Å². The van der Waals surface area contributed by atoms with Crippen LogP contribution in [0.4, 0.5) is 13.2 Å². The van der Waals surface area contributed by atoms with Crippen molar-refractivity contribution in [2.45, 2.75) is 29.0 Å². The van der Waals surface area contributed by atoms with Crippen molar-refractivity contribution in [3.8, 4) is 17.2 Å². The van der Waals surface area contributed by atoms with Crippen molar-refractivity contribution in [3.05, 3.63) is 52.5 Å². The van der Waals surface area contributed by atoms with E-state index in [1.54, 1.807) is 40.8 Å². The van der Waals surface area contributed by atoms with Crippen LogP contribution in [0, 0.1) is 0 Å². The van der Waals surface area contributed by atoms with Gasteiger partial charge in [-0.15, -0.1) is 0 Å². The Morgan fingerprint density at radius 3 is 2.60 bits per heavy atom. The van der Waals surface area contributed by atoms with Crippen molar-refractivity contribution in [1.82, 2.24) is 0 Å². The first-order valence-corrected chi connectivity index (χ1v) is 10.4. The number of rotatable bonds is 8. The van der Waals surface area contributed by atoms with Crippen LogP contribution < -0.4 is 14.2 Å². The summed E-state index contributed by atoms with van der Waals surface area (Å²) in [5.41, 5.74) is 0.827. The molecule has 1 aliphatic rings. The van der Waals surface area contributed by atoms with Crippen molar-refractivity contribution in [1.29, 1.82) is 0 Å². The Bertz CT molecular complexity index is 937. The van der Waals surface area contributed by atoms with E-state index in [4.69, 9.17) is 25.8 Å². The number of hydrogen-bond donors (Lipinski definition) is 1. The fourth-order valence-electron chi connectivity index (χ4n) is 2.89. The zero-order chi connectivity index (χ0) is 21.9. The third kappa shape index (κ3) is 5.84. The Morgan fingerprint density at radius 2 is 1.93 bits per heavy atom. The molecule has 30 heavy (non-hydrogen) atoms. The number of carbonyl (C=O) groups is 1. The quantitative estimate of drug-likeness (QED) is 0.266. The molecular weight excluding hydrogens is 540 g/mol. The average Bonchev–Trinajstić information content (AvgIpc) is 2.98. The highest BCUT2D eigenvalue weighted by Crippen LogP contribution is 2.41. The molecule has 162 valence electrons. The fraction of sp³-hybridized carbons (Fsp3) is 0.350. The minimum atomic E-state index is -4.29. The lowest BCUT2D eigenvalue weighted by Gasteiger charge is -2.15. The van der Waals surface area contributed by atoms with Crippen molar-refractivity contribution >= 4 is 40.2 Å². The summed E-state index contributed by atoms with van der Waals surface area (Å²) in [4.78, 5) is 11.3. The highest BCUT2D eigenvalue weighted by atomic mass is 127. The van der Waals surface area contributed by atoms with E-state index < -0.39 is 22.2 Å². The van der Waals surface area contributed by atoms with Crippen molar-refractivity contribution in [3.63, 3.8) is 0 Å². The van der Waals surface area contributed by atoms with Crippen LogP contribution in [0.3, 0.4) is 0 Å². The second kappa shape index (κ2) is 9.09. The van der Waals surface area contributed by atoms with Crippen LogP contribution in [0.5, 0.6) is 17.2 Å². The van der Waals surface area contributed by atoms with Crippen LogP contribution in [0.25, 0.3) is 0 Å². The molecule has 2 aromatic rings. The average molecular weight is 557 g/mol. The first-order valence-electron chi connectivity index (χ1n) is 8.91. The maximum Gasteiger partial charge on any atom is 0.393 e. The second-order valence-corrected chi connectivity index (χ2v) is 8.84. The van der Waals surface area contributed by atoms with Crippen LogP contribution >= 0.6 is 34.2 Å². The third-order valence-corrected chi connectivity index (χ3v) is 5.62. The van der Waals surface area contributed by atoms with E-state index in [0.717, 1.165) is 5.56 Å². The predicted molar refractivity (Wildman–Crippen MR) is 112 cm³/mol. The number of aliphatic carboxylic acids is 1. The van der Waals surface area contributed by atoms with Crippen LogP contribution in [-0.4, -0.2) is 34.1 Å². The van der Waals surface area contributed by atoms with Gasteiger partial charge in [-0.2, -0.15) is 13.2 Å². The Morgan fingerprint density at radius 1 is 1.20 bits per heavy atom. The summed E-state index contributed by atoms with van der Waals surface area (Å²) in [6, 6.07) is 9.12. The Hall–Kier alpha value is -1.88. The summed E-state index contributed by atoms with van der Waals surface area (Å²) in [7, 11) is 0. The molecule has 0 bridgehead atoms. The van der Waals surface area contributed by atoms with Gasteiger partial charge in [0.2, 0.25) is 0 Å². The molecule has 0 fully saturated rings. The normalized spacial score (nSPS) is 17.9. The maximum absolute atomic E-state index is 12.4. The number of benzene rings is 2.